The lowest BCUT2D eigenvalue weighted by Gasteiger charge is -2.08. The Labute approximate surface area is 114 Å². The van der Waals surface area contributed by atoms with Crippen molar-refractivity contribution in [1.29, 1.82) is 0 Å². The van der Waals surface area contributed by atoms with E-state index in [1.54, 1.807) is 6.07 Å². The quantitative estimate of drug-likeness (QED) is 0.884. The molecule has 100 valence electrons. The van der Waals surface area contributed by atoms with E-state index in [0.29, 0.717) is 4.47 Å². The van der Waals surface area contributed by atoms with Gasteiger partial charge in [0.2, 0.25) is 0 Å². The van der Waals surface area contributed by atoms with Crippen LogP contribution in [0.4, 0.5) is 19.0 Å². The van der Waals surface area contributed by atoms with E-state index in [1.807, 2.05) is 0 Å². The minimum Gasteiger partial charge on any atom is -0.356 e. The van der Waals surface area contributed by atoms with Crippen LogP contribution in [0.2, 0.25) is 0 Å². The molecule has 2 N–H and O–H groups in total. The number of carbonyl (C=O) groups is 1. The van der Waals surface area contributed by atoms with Gasteiger partial charge in [0.1, 0.15) is 17.2 Å². The van der Waals surface area contributed by atoms with E-state index in [-0.39, 0.29) is 11.5 Å². The molecule has 1 amide bonds. The largest absolute Gasteiger partial charge is 0.433 e. The smallest absolute Gasteiger partial charge is 0.356 e. The van der Waals surface area contributed by atoms with Crippen LogP contribution in [0.5, 0.6) is 0 Å². The molecule has 0 atom stereocenters. The number of halogens is 4. The molecule has 4 nitrogen and oxygen atoms in total. The molecule has 0 bridgehead atoms. The third-order valence-electron chi connectivity index (χ3n) is 2.20. The number of rotatable bonds is 2. The van der Waals surface area contributed by atoms with Gasteiger partial charge in [-0.1, -0.05) is 6.07 Å². The number of hydrogen-bond acceptors (Lipinski definition) is 2. The summed E-state index contributed by atoms with van der Waals surface area (Å²) in [6.07, 6.45) is -3.02. The molecule has 0 aromatic carbocycles. The minimum atomic E-state index is -4.55. The Kier molecular flexibility index (Phi) is 3.61. The number of H-pyrrole nitrogens is 1. The molecule has 0 spiro atoms. The summed E-state index contributed by atoms with van der Waals surface area (Å²) in [6, 6.07) is 4.90. The molecule has 0 aliphatic rings. The van der Waals surface area contributed by atoms with Crippen LogP contribution in [-0.4, -0.2) is 15.9 Å². The second-order valence-corrected chi connectivity index (χ2v) is 4.41. The van der Waals surface area contributed by atoms with Crippen molar-refractivity contribution in [1.82, 2.24) is 9.97 Å². The van der Waals surface area contributed by atoms with Crippen molar-refractivity contribution >= 4 is 27.7 Å². The summed E-state index contributed by atoms with van der Waals surface area (Å²) in [5.41, 5.74) is -0.852. The summed E-state index contributed by atoms with van der Waals surface area (Å²) in [5.74, 6) is -0.745. The van der Waals surface area contributed by atoms with Crippen LogP contribution in [0.1, 0.15) is 16.2 Å². The summed E-state index contributed by atoms with van der Waals surface area (Å²) >= 11 is 3.13. The Balaban J connectivity index is 2.21. The van der Waals surface area contributed by atoms with Crippen molar-refractivity contribution in [3.05, 3.63) is 46.3 Å². The van der Waals surface area contributed by atoms with Gasteiger partial charge in [0, 0.05) is 10.7 Å². The van der Waals surface area contributed by atoms with Gasteiger partial charge >= 0.3 is 6.18 Å². The molecule has 0 aliphatic carbocycles. The van der Waals surface area contributed by atoms with Crippen LogP contribution in [0, 0.1) is 0 Å². The molecule has 2 rings (SSSR count). The molecule has 8 heteroatoms. The van der Waals surface area contributed by atoms with Gasteiger partial charge in [-0.3, -0.25) is 4.79 Å². The molecule has 0 unspecified atom stereocenters. The highest BCUT2D eigenvalue weighted by Crippen LogP contribution is 2.28. The molecule has 0 aliphatic heterocycles. The van der Waals surface area contributed by atoms with Crippen LogP contribution in [0.15, 0.2) is 34.9 Å². The average Bonchev–Trinajstić information content (AvgIpc) is 2.75. The maximum Gasteiger partial charge on any atom is 0.433 e. The van der Waals surface area contributed by atoms with Gasteiger partial charge in [0.25, 0.3) is 5.91 Å². The number of anilines is 1. The standard InChI is InChI=1S/C11H7BrF3N3O/c12-6-4-5-16-9(6)10(19)18-8-3-1-2-7(17-8)11(13,14)15/h1-5,16H,(H,17,18,19). The molecular formula is C11H7BrF3N3O. The van der Waals surface area contributed by atoms with Gasteiger partial charge in [-0.2, -0.15) is 13.2 Å². The number of alkyl halides is 3. The van der Waals surface area contributed by atoms with Crippen LogP contribution < -0.4 is 5.32 Å². The van der Waals surface area contributed by atoms with Crippen molar-refractivity contribution in [2.45, 2.75) is 6.18 Å². The van der Waals surface area contributed by atoms with Gasteiger partial charge in [-0.15, -0.1) is 0 Å². The Morgan fingerprint density at radius 2 is 2.05 bits per heavy atom. The lowest BCUT2D eigenvalue weighted by molar-refractivity contribution is -0.141. The monoisotopic (exact) mass is 333 g/mol. The van der Waals surface area contributed by atoms with E-state index in [1.165, 1.54) is 18.3 Å². The number of aromatic nitrogens is 2. The summed E-state index contributed by atoms with van der Waals surface area (Å²) in [6.45, 7) is 0. The summed E-state index contributed by atoms with van der Waals surface area (Å²) < 4.78 is 37.9. The van der Waals surface area contributed by atoms with E-state index in [0.717, 1.165) is 6.07 Å². The second kappa shape index (κ2) is 5.04. The molecule has 0 radical (unpaired) electrons. The van der Waals surface area contributed by atoms with Crippen molar-refractivity contribution in [2.75, 3.05) is 5.32 Å². The first-order chi connectivity index (χ1) is 8.88. The number of amides is 1. The van der Waals surface area contributed by atoms with Crippen molar-refractivity contribution in [3.8, 4) is 0 Å². The zero-order chi connectivity index (χ0) is 14.0. The molecule has 2 aromatic heterocycles. The van der Waals surface area contributed by atoms with Crippen LogP contribution in [0.25, 0.3) is 0 Å². The van der Waals surface area contributed by atoms with Gasteiger partial charge in [0.15, 0.2) is 0 Å². The molecule has 2 aromatic rings. The Hall–Kier alpha value is -1.83. The van der Waals surface area contributed by atoms with Gasteiger partial charge in [-0.05, 0) is 34.1 Å². The highest BCUT2D eigenvalue weighted by molar-refractivity contribution is 9.10. The Morgan fingerprint density at radius 1 is 1.32 bits per heavy atom. The first-order valence-corrected chi connectivity index (χ1v) is 5.85. The lowest BCUT2D eigenvalue weighted by Crippen LogP contribution is -2.16. The molecule has 0 fully saturated rings. The number of pyridine rings is 1. The van der Waals surface area contributed by atoms with Crippen LogP contribution >= 0.6 is 15.9 Å². The van der Waals surface area contributed by atoms with Gasteiger partial charge in [-0.25, -0.2) is 4.98 Å². The maximum absolute atomic E-state index is 12.5. The normalized spacial score (nSPS) is 11.4. The number of nitrogens with zero attached hydrogens (tertiary/aromatic N) is 1. The first kappa shape index (κ1) is 13.6. The second-order valence-electron chi connectivity index (χ2n) is 3.56. The topological polar surface area (TPSA) is 57.8 Å². The zero-order valence-corrected chi connectivity index (χ0v) is 10.8. The van der Waals surface area contributed by atoms with Gasteiger partial charge in [0.05, 0.1) is 0 Å². The SMILES string of the molecule is O=C(Nc1cccc(C(F)(F)F)n1)c1[nH]ccc1Br. The zero-order valence-electron chi connectivity index (χ0n) is 9.25. The third-order valence-corrected chi connectivity index (χ3v) is 2.87. The summed E-state index contributed by atoms with van der Waals surface area (Å²) in [7, 11) is 0. The molecule has 0 saturated heterocycles. The fourth-order valence-electron chi connectivity index (χ4n) is 1.37. The fraction of sp³-hybridized carbons (Fsp3) is 0.0909. The van der Waals surface area contributed by atoms with Crippen LogP contribution in [-0.2, 0) is 6.18 Å². The summed E-state index contributed by atoms with van der Waals surface area (Å²) in [4.78, 5) is 17.8. The van der Waals surface area contributed by atoms with E-state index >= 15 is 0 Å². The van der Waals surface area contributed by atoms with Crippen molar-refractivity contribution in [2.24, 2.45) is 0 Å². The van der Waals surface area contributed by atoms with Crippen LogP contribution in [0.3, 0.4) is 0 Å². The van der Waals surface area contributed by atoms with E-state index in [2.05, 4.69) is 31.2 Å². The van der Waals surface area contributed by atoms with E-state index < -0.39 is 17.8 Å². The number of nitrogens with one attached hydrogen (secondary N) is 2. The van der Waals surface area contributed by atoms with E-state index in [4.69, 9.17) is 0 Å². The number of carbonyl (C=O) groups excluding carboxylic acids is 1. The predicted molar refractivity (Wildman–Crippen MR) is 65.7 cm³/mol. The average molecular weight is 334 g/mol. The molecular weight excluding hydrogens is 327 g/mol. The number of aromatic amines is 1. The Morgan fingerprint density at radius 3 is 2.63 bits per heavy atom. The summed E-state index contributed by atoms with van der Waals surface area (Å²) in [5, 5.41) is 2.29. The highest BCUT2D eigenvalue weighted by Gasteiger charge is 2.32. The highest BCUT2D eigenvalue weighted by atomic mass is 79.9. The number of hydrogen-bond donors (Lipinski definition) is 2. The van der Waals surface area contributed by atoms with Gasteiger partial charge < -0.3 is 10.3 Å². The van der Waals surface area contributed by atoms with Crippen molar-refractivity contribution in [3.63, 3.8) is 0 Å². The third kappa shape index (κ3) is 3.14. The molecule has 2 heterocycles. The molecule has 0 saturated carbocycles. The minimum absolute atomic E-state index is 0.165. The maximum atomic E-state index is 12.5. The molecule has 19 heavy (non-hydrogen) atoms. The predicted octanol–water partition coefficient (Wildman–Crippen LogP) is 3.44. The lowest BCUT2D eigenvalue weighted by atomic mass is 10.3. The van der Waals surface area contributed by atoms with Crippen molar-refractivity contribution < 1.29 is 18.0 Å². The fourth-order valence-corrected chi connectivity index (χ4v) is 1.79. The van der Waals surface area contributed by atoms with E-state index in [9.17, 15) is 18.0 Å². The Bertz CT molecular complexity index is 609. The first-order valence-electron chi connectivity index (χ1n) is 5.06.